The van der Waals surface area contributed by atoms with Crippen LogP contribution in [-0.2, 0) is 16.1 Å². The van der Waals surface area contributed by atoms with Gasteiger partial charge in [0.2, 0.25) is 11.6 Å². The van der Waals surface area contributed by atoms with Crippen LogP contribution < -0.4 is 18.9 Å². The van der Waals surface area contributed by atoms with Gasteiger partial charge in [-0.3, -0.25) is 0 Å². The molecule has 1 aliphatic rings. The number of ether oxygens (including phenoxy) is 6. The minimum absolute atomic E-state index is 0.129. The monoisotopic (exact) mass is 470 g/mol. The van der Waals surface area contributed by atoms with E-state index in [1.807, 2.05) is 0 Å². The predicted octanol–water partition coefficient (Wildman–Crippen LogP) is 3.68. The van der Waals surface area contributed by atoms with Crippen LogP contribution >= 0.6 is 0 Å². The van der Waals surface area contributed by atoms with E-state index < -0.39 is 5.97 Å². The molecule has 1 saturated heterocycles. The molecule has 2 aromatic carbocycles. The summed E-state index contributed by atoms with van der Waals surface area (Å²) in [7, 11) is 4.55. The van der Waals surface area contributed by atoms with Gasteiger partial charge < -0.3 is 32.8 Å². The van der Waals surface area contributed by atoms with E-state index in [0.717, 1.165) is 19.4 Å². The van der Waals surface area contributed by atoms with Gasteiger partial charge in [0.1, 0.15) is 12.4 Å². The smallest absolute Gasteiger partial charge is 0.338 e. The normalized spacial score (nSPS) is 15.1. The third kappa shape index (κ3) is 5.40. The van der Waals surface area contributed by atoms with Crippen LogP contribution in [0.3, 0.4) is 0 Å². The highest BCUT2D eigenvalue weighted by atomic mass is 16.5. The topological polar surface area (TPSA) is 111 Å². The van der Waals surface area contributed by atoms with Gasteiger partial charge in [-0.1, -0.05) is 0 Å². The van der Waals surface area contributed by atoms with E-state index in [1.54, 1.807) is 36.4 Å². The molecule has 180 valence electrons. The molecule has 4 rings (SSSR count). The summed E-state index contributed by atoms with van der Waals surface area (Å²) in [6.07, 6.45) is 2.19. The Morgan fingerprint density at radius 3 is 2.38 bits per heavy atom. The number of carbonyl (C=O) groups is 1. The van der Waals surface area contributed by atoms with Gasteiger partial charge in [0.05, 0.1) is 33.0 Å². The molecule has 2 heterocycles. The molecule has 0 aliphatic carbocycles. The lowest BCUT2D eigenvalue weighted by molar-refractivity contribution is 0.0438. The highest BCUT2D eigenvalue weighted by Crippen LogP contribution is 2.40. The Morgan fingerprint density at radius 1 is 1.03 bits per heavy atom. The van der Waals surface area contributed by atoms with Crippen LogP contribution in [0.5, 0.6) is 23.0 Å². The molecular weight excluding hydrogens is 444 g/mol. The van der Waals surface area contributed by atoms with Crippen molar-refractivity contribution in [2.45, 2.75) is 25.6 Å². The second-order valence-corrected chi connectivity index (χ2v) is 7.46. The second kappa shape index (κ2) is 10.9. The first-order chi connectivity index (χ1) is 16.6. The van der Waals surface area contributed by atoms with Gasteiger partial charge in [-0.15, -0.1) is 10.2 Å². The van der Waals surface area contributed by atoms with Crippen molar-refractivity contribution in [2.75, 3.05) is 34.5 Å². The van der Waals surface area contributed by atoms with Crippen molar-refractivity contribution in [3.63, 3.8) is 0 Å². The Hall–Kier alpha value is -3.79. The van der Waals surface area contributed by atoms with Crippen molar-refractivity contribution in [2.24, 2.45) is 0 Å². The molecule has 0 saturated carbocycles. The zero-order valence-electron chi connectivity index (χ0n) is 19.2. The molecule has 10 heteroatoms. The molecule has 3 aromatic rings. The SMILES string of the molecule is COc1cc(-c2nnc(COC(=O)c3ccc(OCC4CCCO4)cc3)o2)cc(OC)c1OC. The molecule has 1 aromatic heterocycles. The van der Waals surface area contributed by atoms with Gasteiger partial charge >= 0.3 is 5.97 Å². The van der Waals surface area contributed by atoms with E-state index in [0.29, 0.717) is 40.7 Å². The third-order valence-electron chi connectivity index (χ3n) is 5.26. The molecule has 1 fully saturated rings. The van der Waals surface area contributed by atoms with Crippen molar-refractivity contribution in [3.05, 3.63) is 47.9 Å². The molecular formula is C24H26N2O8. The lowest BCUT2D eigenvalue weighted by Gasteiger charge is -2.12. The summed E-state index contributed by atoms with van der Waals surface area (Å²) < 4.78 is 38.2. The van der Waals surface area contributed by atoms with E-state index in [2.05, 4.69) is 10.2 Å². The van der Waals surface area contributed by atoms with Crippen LogP contribution in [0.25, 0.3) is 11.5 Å². The molecule has 0 spiro atoms. The van der Waals surface area contributed by atoms with E-state index in [-0.39, 0.29) is 24.5 Å². The van der Waals surface area contributed by atoms with Crippen molar-refractivity contribution in [1.82, 2.24) is 10.2 Å². The molecule has 10 nitrogen and oxygen atoms in total. The van der Waals surface area contributed by atoms with Crippen LogP contribution in [0.1, 0.15) is 29.1 Å². The molecule has 34 heavy (non-hydrogen) atoms. The van der Waals surface area contributed by atoms with E-state index in [4.69, 9.17) is 32.8 Å². The van der Waals surface area contributed by atoms with Crippen molar-refractivity contribution >= 4 is 5.97 Å². The molecule has 0 bridgehead atoms. The number of hydrogen-bond donors (Lipinski definition) is 0. The van der Waals surface area contributed by atoms with E-state index >= 15 is 0 Å². The molecule has 0 radical (unpaired) electrons. The van der Waals surface area contributed by atoms with E-state index in [9.17, 15) is 4.79 Å². The predicted molar refractivity (Wildman–Crippen MR) is 119 cm³/mol. The van der Waals surface area contributed by atoms with Crippen molar-refractivity contribution in [1.29, 1.82) is 0 Å². The first kappa shape index (κ1) is 23.4. The quantitative estimate of drug-likeness (QED) is 0.407. The van der Waals surface area contributed by atoms with Crippen LogP contribution in [0.4, 0.5) is 0 Å². The van der Waals surface area contributed by atoms with Gasteiger partial charge in [0.25, 0.3) is 5.89 Å². The summed E-state index contributed by atoms with van der Waals surface area (Å²) in [6, 6.07) is 10.1. The van der Waals surface area contributed by atoms with Crippen molar-refractivity contribution in [3.8, 4) is 34.5 Å². The summed E-state index contributed by atoms with van der Waals surface area (Å²) in [5.74, 6) is 1.87. The fourth-order valence-electron chi connectivity index (χ4n) is 3.50. The number of aromatic nitrogens is 2. The zero-order chi connectivity index (χ0) is 23.9. The standard InChI is InChI=1S/C24H26N2O8/c1-28-19-11-16(12-20(29-2)22(19)30-3)23-26-25-21(34-23)14-33-24(27)15-6-8-17(9-7-15)32-13-18-5-4-10-31-18/h6-9,11-12,18H,4-5,10,13-14H2,1-3H3. The van der Waals surface area contributed by atoms with Crippen molar-refractivity contribution < 1.29 is 37.6 Å². The molecule has 0 N–H and O–H groups in total. The average Bonchev–Trinajstić information content (AvgIpc) is 3.58. The Labute approximate surface area is 196 Å². The highest BCUT2D eigenvalue weighted by molar-refractivity contribution is 5.89. The number of nitrogens with zero attached hydrogens (tertiary/aromatic N) is 2. The fourth-order valence-corrected chi connectivity index (χ4v) is 3.50. The van der Waals surface area contributed by atoms with Crippen LogP contribution in [-0.4, -0.2) is 56.8 Å². The number of methoxy groups -OCH3 is 3. The minimum atomic E-state index is -0.516. The maximum Gasteiger partial charge on any atom is 0.338 e. The first-order valence-corrected chi connectivity index (χ1v) is 10.8. The maximum absolute atomic E-state index is 12.4. The molecule has 1 unspecified atom stereocenters. The van der Waals surface area contributed by atoms with Gasteiger partial charge in [0.15, 0.2) is 18.1 Å². The van der Waals surface area contributed by atoms with Gasteiger partial charge in [0, 0.05) is 12.2 Å². The average molecular weight is 470 g/mol. The number of benzene rings is 2. The lowest BCUT2D eigenvalue weighted by atomic mass is 10.2. The van der Waals surface area contributed by atoms with Crippen LogP contribution in [0.2, 0.25) is 0 Å². The Morgan fingerprint density at radius 2 is 1.76 bits per heavy atom. The summed E-state index contributed by atoms with van der Waals surface area (Å²) >= 11 is 0. The Bertz CT molecular complexity index is 1080. The van der Waals surface area contributed by atoms with E-state index in [1.165, 1.54) is 21.3 Å². The summed E-state index contributed by atoms with van der Waals surface area (Å²) in [5, 5.41) is 7.97. The largest absolute Gasteiger partial charge is 0.493 e. The van der Waals surface area contributed by atoms with Gasteiger partial charge in [-0.05, 0) is 49.2 Å². The summed E-state index contributed by atoms with van der Waals surface area (Å²) in [6.45, 7) is 1.10. The Kier molecular flexibility index (Phi) is 7.48. The fraction of sp³-hybridized carbons (Fsp3) is 0.375. The minimum Gasteiger partial charge on any atom is -0.493 e. The van der Waals surface area contributed by atoms with Gasteiger partial charge in [-0.2, -0.15) is 0 Å². The third-order valence-corrected chi connectivity index (χ3v) is 5.26. The highest BCUT2D eigenvalue weighted by Gasteiger charge is 2.19. The zero-order valence-corrected chi connectivity index (χ0v) is 19.2. The van der Waals surface area contributed by atoms with Crippen LogP contribution in [0, 0.1) is 0 Å². The number of hydrogen-bond acceptors (Lipinski definition) is 10. The first-order valence-electron chi connectivity index (χ1n) is 10.8. The molecule has 1 aliphatic heterocycles. The summed E-state index contributed by atoms with van der Waals surface area (Å²) in [5.41, 5.74) is 0.951. The second-order valence-electron chi connectivity index (χ2n) is 7.46. The maximum atomic E-state index is 12.4. The Balaban J connectivity index is 1.35. The number of carbonyl (C=O) groups excluding carboxylic acids is 1. The number of esters is 1. The molecule has 0 amide bonds. The number of rotatable bonds is 10. The van der Waals surface area contributed by atoms with Crippen LogP contribution in [0.15, 0.2) is 40.8 Å². The molecule has 1 atom stereocenters. The van der Waals surface area contributed by atoms with Gasteiger partial charge in [-0.25, -0.2) is 4.79 Å². The summed E-state index contributed by atoms with van der Waals surface area (Å²) in [4.78, 5) is 12.4. The lowest BCUT2D eigenvalue weighted by Crippen LogP contribution is -2.16.